The number of nitrogens with zero attached hydrogens (tertiary/aromatic N) is 1. The van der Waals surface area contributed by atoms with E-state index in [1.54, 1.807) is 12.1 Å². The van der Waals surface area contributed by atoms with E-state index in [1.165, 1.54) is 45.2 Å². The molecule has 2 rings (SSSR count). The molecule has 4 nitrogen and oxygen atoms in total. The third-order valence-corrected chi connectivity index (χ3v) is 5.43. The molecule has 0 amide bonds. The van der Waals surface area contributed by atoms with Crippen molar-refractivity contribution in [3.05, 3.63) is 29.3 Å². The van der Waals surface area contributed by atoms with Gasteiger partial charge in [-0.05, 0) is 37.1 Å². The molecule has 108 valence electrons. The van der Waals surface area contributed by atoms with Gasteiger partial charge in [0.15, 0.2) is 0 Å². The van der Waals surface area contributed by atoms with Crippen LogP contribution >= 0.6 is 0 Å². The van der Waals surface area contributed by atoms with Gasteiger partial charge in [-0.3, -0.25) is 0 Å². The molecule has 1 fully saturated rings. The molecule has 0 bridgehead atoms. The number of hydrogen-bond acceptors (Lipinski definition) is 3. The molecule has 0 atom stereocenters. The smallest absolute Gasteiger partial charge is 0.214 e. The van der Waals surface area contributed by atoms with Crippen LogP contribution < -0.4 is 4.72 Å². The molecule has 1 N–H and O–H groups in total. The summed E-state index contributed by atoms with van der Waals surface area (Å²) in [4.78, 5) is 0.156. The number of sulfonamides is 1. The molecule has 0 saturated heterocycles. The van der Waals surface area contributed by atoms with Crippen molar-refractivity contribution in [1.29, 1.82) is 5.26 Å². The highest BCUT2D eigenvalue weighted by atomic mass is 32.2. The van der Waals surface area contributed by atoms with Crippen LogP contribution in [-0.4, -0.2) is 15.5 Å². The lowest BCUT2D eigenvalue weighted by atomic mass is 9.84. The Morgan fingerprint density at radius 2 is 2.00 bits per heavy atom. The molecule has 1 aliphatic carbocycles. The van der Waals surface area contributed by atoms with Crippen LogP contribution in [0.5, 0.6) is 0 Å². The van der Waals surface area contributed by atoms with Crippen LogP contribution in [0.1, 0.15) is 43.2 Å². The zero-order chi connectivity index (χ0) is 14.6. The second-order valence-corrected chi connectivity index (χ2v) is 7.23. The summed E-state index contributed by atoms with van der Waals surface area (Å²) in [6, 6.07) is 6.98. The minimum absolute atomic E-state index is 0.156. The van der Waals surface area contributed by atoms with Gasteiger partial charge in [0.2, 0.25) is 10.0 Å². The Kier molecular flexibility index (Phi) is 4.79. The van der Waals surface area contributed by atoms with Crippen LogP contribution in [-0.2, 0) is 16.4 Å². The lowest BCUT2D eigenvalue weighted by Gasteiger charge is -2.22. The van der Waals surface area contributed by atoms with Crippen LogP contribution in [0.25, 0.3) is 0 Å². The molecule has 1 aromatic rings. The van der Waals surface area contributed by atoms with Gasteiger partial charge in [-0.15, -0.1) is 0 Å². The molecule has 1 aromatic carbocycles. The fourth-order valence-electron chi connectivity index (χ4n) is 2.82. The van der Waals surface area contributed by atoms with Crippen molar-refractivity contribution >= 4 is 10.0 Å². The first-order valence-corrected chi connectivity index (χ1v) is 8.51. The van der Waals surface area contributed by atoms with E-state index in [-0.39, 0.29) is 4.90 Å². The Bertz CT molecular complexity index is 611. The van der Waals surface area contributed by atoms with Crippen LogP contribution in [0.3, 0.4) is 0 Å². The molecular formula is C15H20N2O2S. The first-order chi connectivity index (χ1) is 9.56. The molecular weight excluding hydrogens is 272 g/mol. The summed E-state index contributed by atoms with van der Waals surface area (Å²) in [5, 5.41) is 9.25. The van der Waals surface area contributed by atoms with Crippen molar-refractivity contribution in [2.45, 2.75) is 43.4 Å². The van der Waals surface area contributed by atoms with E-state index in [4.69, 9.17) is 0 Å². The number of rotatable bonds is 4. The highest BCUT2D eigenvalue weighted by molar-refractivity contribution is 7.89. The maximum atomic E-state index is 11.7. The van der Waals surface area contributed by atoms with Gasteiger partial charge in [-0.1, -0.05) is 38.2 Å². The fraction of sp³-hybridized carbons (Fsp3) is 0.533. The van der Waals surface area contributed by atoms with E-state index >= 15 is 0 Å². The Morgan fingerprint density at radius 3 is 2.60 bits per heavy atom. The summed E-state index contributed by atoms with van der Waals surface area (Å²) in [7, 11) is -2.11. The van der Waals surface area contributed by atoms with E-state index in [9.17, 15) is 13.7 Å². The summed E-state index contributed by atoms with van der Waals surface area (Å²) in [6.07, 6.45) is 7.13. The zero-order valence-corrected chi connectivity index (χ0v) is 12.5. The van der Waals surface area contributed by atoms with Gasteiger partial charge in [0, 0.05) is 0 Å². The minimum atomic E-state index is -3.48. The summed E-state index contributed by atoms with van der Waals surface area (Å²) < 4.78 is 25.8. The Labute approximate surface area is 120 Å². The molecule has 0 unspecified atom stereocenters. The van der Waals surface area contributed by atoms with Crippen LogP contribution in [0.15, 0.2) is 23.1 Å². The van der Waals surface area contributed by atoms with Crippen LogP contribution in [0.4, 0.5) is 0 Å². The lowest BCUT2D eigenvalue weighted by molar-refractivity contribution is 0.356. The topological polar surface area (TPSA) is 70.0 Å². The minimum Gasteiger partial charge on any atom is -0.214 e. The van der Waals surface area contributed by atoms with Gasteiger partial charge in [-0.25, -0.2) is 13.1 Å². The quantitative estimate of drug-likeness (QED) is 0.927. The molecule has 20 heavy (non-hydrogen) atoms. The zero-order valence-electron chi connectivity index (χ0n) is 11.7. The van der Waals surface area contributed by atoms with Crippen LogP contribution in [0.2, 0.25) is 0 Å². The normalized spacial score (nSPS) is 16.8. The van der Waals surface area contributed by atoms with E-state index in [0.29, 0.717) is 11.5 Å². The molecule has 0 heterocycles. The molecule has 1 aliphatic rings. The van der Waals surface area contributed by atoms with Gasteiger partial charge in [-0.2, -0.15) is 5.26 Å². The second kappa shape index (κ2) is 6.38. The molecule has 5 heteroatoms. The van der Waals surface area contributed by atoms with Crippen molar-refractivity contribution in [2.75, 3.05) is 7.05 Å². The van der Waals surface area contributed by atoms with Crippen molar-refractivity contribution in [1.82, 2.24) is 4.72 Å². The molecule has 0 radical (unpaired) electrons. The summed E-state index contributed by atoms with van der Waals surface area (Å²) in [5.74, 6) is 0.627. The third-order valence-electron chi connectivity index (χ3n) is 4.01. The summed E-state index contributed by atoms with van der Waals surface area (Å²) in [5.41, 5.74) is 1.45. The molecule has 0 aromatic heterocycles. The van der Waals surface area contributed by atoms with E-state index in [2.05, 4.69) is 10.8 Å². The van der Waals surface area contributed by atoms with Gasteiger partial charge >= 0.3 is 0 Å². The van der Waals surface area contributed by atoms with Crippen molar-refractivity contribution in [3.8, 4) is 6.07 Å². The van der Waals surface area contributed by atoms with Gasteiger partial charge in [0.1, 0.15) is 0 Å². The highest BCUT2D eigenvalue weighted by Crippen LogP contribution is 2.28. The molecule has 1 saturated carbocycles. The fourth-order valence-corrected chi connectivity index (χ4v) is 3.58. The average molecular weight is 292 g/mol. The largest absolute Gasteiger partial charge is 0.240 e. The van der Waals surface area contributed by atoms with Gasteiger partial charge in [0.05, 0.1) is 16.5 Å². The Balaban J connectivity index is 2.24. The second-order valence-electron chi connectivity index (χ2n) is 5.35. The van der Waals surface area contributed by atoms with E-state index in [1.807, 2.05) is 0 Å². The molecule has 0 aliphatic heterocycles. The number of nitrogens with one attached hydrogen (secondary N) is 1. The Morgan fingerprint density at radius 1 is 1.30 bits per heavy atom. The summed E-state index contributed by atoms with van der Waals surface area (Å²) >= 11 is 0. The van der Waals surface area contributed by atoms with Gasteiger partial charge in [0.25, 0.3) is 0 Å². The van der Waals surface area contributed by atoms with E-state index < -0.39 is 10.0 Å². The SMILES string of the molecule is CNS(=O)(=O)c1ccc(CC2CCCCC2)c(C#N)c1. The predicted octanol–water partition coefficient (Wildman–Crippen LogP) is 2.59. The van der Waals surface area contributed by atoms with Crippen molar-refractivity contribution in [3.63, 3.8) is 0 Å². The standard InChI is InChI=1S/C15H20N2O2S/c1-17-20(18,19)15-8-7-13(14(10-15)11-16)9-12-5-3-2-4-6-12/h7-8,10,12,17H,2-6,9H2,1H3. The van der Waals surface area contributed by atoms with Crippen LogP contribution in [0, 0.1) is 17.2 Å². The van der Waals surface area contributed by atoms with Crippen molar-refractivity contribution in [2.24, 2.45) is 5.92 Å². The lowest BCUT2D eigenvalue weighted by Crippen LogP contribution is -2.19. The monoisotopic (exact) mass is 292 g/mol. The van der Waals surface area contributed by atoms with Gasteiger partial charge < -0.3 is 0 Å². The number of benzene rings is 1. The first kappa shape index (κ1) is 15.0. The van der Waals surface area contributed by atoms with Crippen molar-refractivity contribution < 1.29 is 8.42 Å². The predicted molar refractivity (Wildman–Crippen MR) is 77.7 cm³/mol. The highest BCUT2D eigenvalue weighted by Gasteiger charge is 2.18. The first-order valence-electron chi connectivity index (χ1n) is 7.03. The maximum Gasteiger partial charge on any atom is 0.240 e. The maximum absolute atomic E-state index is 11.7. The Hall–Kier alpha value is -1.38. The third kappa shape index (κ3) is 3.38. The number of hydrogen-bond donors (Lipinski definition) is 1. The average Bonchev–Trinajstić information content (AvgIpc) is 2.48. The summed E-state index contributed by atoms with van der Waals surface area (Å²) in [6.45, 7) is 0. The van der Waals surface area contributed by atoms with E-state index in [0.717, 1.165) is 12.0 Å². The molecule has 0 spiro atoms. The number of nitriles is 1.